The number of carbonyl (C=O) groups is 1. The van der Waals surface area contributed by atoms with Crippen LogP contribution in [0.1, 0.15) is 34.1 Å². The molecule has 1 amide bonds. The van der Waals surface area contributed by atoms with Crippen LogP contribution >= 0.6 is 11.3 Å². The second kappa shape index (κ2) is 8.37. The van der Waals surface area contributed by atoms with Gasteiger partial charge in [0.2, 0.25) is 0 Å². The van der Waals surface area contributed by atoms with Gasteiger partial charge in [0.25, 0.3) is 5.91 Å². The van der Waals surface area contributed by atoms with Crippen LogP contribution in [0.5, 0.6) is 0 Å². The third-order valence-electron chi connectivity index (χ3n) is 4.80. The molecule has 28 heavy (non-hydrogen) atoms. The van der Waals surface area contributed by atoms with E-state index in [1.165, 1.54) is 11.3 Å². The molecule has 0 spiro atoms. The number of nitrogens with zero attached hydrogens (tertiary/aromatic N) is 1. The number of thiophene rings is 1. The lowest BCUT2D eigenvalue weighted by Crippen LogP contribution is -2.28. The lowest BCUT2D eigenvalue weighted by Gasteiger charge is -2.18. The molecule has 0 bridgehead atoms. The fraction of sp³-hybridized carbons (Fsp3) is 0.182. The highest BCUT2D eigenvalue weighted by atomic mass is 32.1. The van der Waals surface area contributed by atoms with Crippen molar-refractivity contribution in [3.8, 4) is 11.1 Å². The van der Waals surface area contributed by atoms with Gasteiger partial charge in [-0.25, -0.2) is 4.98 Å². The summed E-state index contributed by atoms with van der Waals surface area (Å²) in [4.78, 5) is 21.1. The van der Waals surface area contributed by atoms with Gasteiger partial charge in [-0.2, -0.15) is 0 Å². The average Bonchev–Trinajstić information content (AvgIpc) is 3.41. The van der Waals surface area contributed by atoms with Gasteiger partial charge in [-0.05, 0) is 59.7 Å². The monoisotopic (exact) mass is 390 g/mol. The summed E-state index contributed by atoms with van der Waals surface area (Å²) in [6.45, 7) is 0.608. The fourth-order valence-electron chi connectivity index (χ4n) is 3.37. The number of fused-ring (bicyclic) bond motifs is 1. The van der Waals surface area contributed by atoms with Crippen molar-refractivity contribution < 1.29 is 4.79 Å². The molecule has 4 rings (SSSR count). The number of hydrogen-bond donors (Lipinski definition) is 3. The Morgan fingerprint density at radius 1 is 1.21 bits per heavy atom. The van der Waals surface area contributed by atoms with Crippen molar-refractivity contribution in [3.05, 3.63) is 76.7 Å². The van der Waals surface area contributed by atoms with Crippen molar-refractivity contribution in [3.63, 3.8) is 0 Å². The first-order valence-corrected chi connectivity index (χ1v) is 10.2. The number of amides is 1. The van der Waals surface area contributed by atoms with Gasteiger partial charge < -0.3 is 16.0 Å². The SMILES string of the molecule is NCCCC(NC(=O)c1cc(-c2ccnc3[nH]ccc23)cs1)c1ccccc1. The number of nitrogens with two attached hydrogens (primary N) is 1. The van der Waals surface area contributed by atoms with E-state index in [9.17, 15) is 4.79 Å². The van der Waals surface area contributed by atoms with Crippen LogP contribution in [-0.4, -0.2) is 22.4 Å². The maximum atomic E-state index is 12.9. The first-order valence-electron chi connectivity index (χ1n) is 9.33. The minimum Gasteiger partial charge on any atom is -0.346 e. The Morgan fingerprint density at radius 3 is 2.89 bits per heavy atom. The number of rotatable bonds is 7. The van der Waals surface area contributed by atoms with Crippen molar-refractivity contribution >= 4 is 28.3 Å². The predicted octanol–water partition coefficient (Wildman–Crippen LogP) is 4.50. The van der Waals surface area contributed by atoms with Gasteiger partial charge in [0.15, 0.2) is 0 Å². The van der Waals surface area contributed by atoms with Crippen LogP contribution in [0, 0.1) is 0 Å². The maximum Gasteiger partial charge on any atom is 0.261 e. The molecule has 4 aromatic rings. The lowest BCUT2D eigenvalue weighted by molar-refractivity contribution is 0.0938. The largest absolute Gasteiger partial charge is 0.346 e. The van der Waals surface area contributed by atoms with Crippen molar-refractivity contribution in [2.45, 2.75) is 18.9 Å². The van der Waals surface area contributed by atoms with Crippen molar-refractivity contribution in [1.29, 1.82) is 0 Å². The topological polar surface area (TPSA) is 83.8 Å². The number of H-pyrrole nitrogens is 1. The molecule has 0 aliphatic heterocycles. The molecule has 1 atom stereocenters. The number of carbonyl (C=O) groups excluding carboxylic acids is 1. The van der Waals surface area contributed by atoms with E-state index in [1.807, 2.05) is 60.1 Å². The Labute approximate surface area is 167 Å². The van der Waals surface area contributed by atoms with E-state index < -0.39 is 0 Å². The van der Waals surface area contributed by atoms with Gasteiger partial charge in [-0.3, -0.25) is 4.79 Å². The summed E-state index contributed by atoms with van der Waals surface area (Å²) in [6.07, 6.45) is 5.34. The van der Waals surface area contributed by atoms with Gasteiger partial charge in [-0.15, -0.1) is 11.3 Å². The maximum absolute atomic E-state index is 12.9. The highest BCUT2D eigenvalue weighted by Crippen LogP contribution is 2.31. The average molecular weight is 391 g/mol. The number of benzene rings is 1. The zero-order valence-electron chi connectivity index (χ0n) is 15.4. The van der Waals surface area contributed by atoms with Crippen molar-refractivity contribution in [2.24, 2.45) is 5.73 Å². The van der Waals surface area contributed by atoms with Crippen LogP contribution in [0.15, 0.2) is 66.3 Å². The molecule has 6 heteroatoms. The molecule has 3 heterocycles. The van der Waals surface area contributed by atoms with E-state index in [0.717, 1.165) is 40.6 Å². The number of nitrogens with one attached hydrogen (secondary N) is 2. The van der Waals surface area contributed by atoms with Gasteiger partial charge in [0, 0.05) is 17.8 Å². The molecule has 0 aliphatic carbocycles. The van der Waals surface area contributed by atoms with E-state index in [-0.39, 0.29) is 11.9 Å². The normalized spacial score (nSPS) is 12.2. The molecule has 3 aromatic heterocycles. The Kier molecular flexibility index (Phi) is 5.50. The van der Waals surface area contributed by atoms with E-state index in [0.29, 0.717) is 11.4 Å². The van der Waals surface area contributed by atoms with Crippen LogP contribution in [0.3, 0.4) is 0 Å². The number of aromatic nitrogens is 2. The van der Waals surface area contributed by atoms with E-state index in [4.69, 9.17) is 5.73 Å². The first kappa shape index (κ1) is 18.4. The third kappa shape index (κ3) is 3.83. The predicted molar refractivity (Wildman–Crippen MR) is 114 cm³/mol. The van der Waals surface area contributed by atoms with Gasteiger partial charge in [0.05, 0.1) is 10.9 Å². The number of hydrogen-bond acceptors (Lipinski definition) is 4. The molecule has 1 aromatic carbocycles. The smallest absolute Gasteiger partial charge is 0.261 e. The van der Waals surface area contributed by atoms with E-state index in [1.54, 1.807) is 6.20 Å². The lowest BCUT2D eigenvalue weighted by atomic mass is 10.0. The highest BCUT2D eigenvalue weighted by Gasteiger charge is 2.17. The summed E-state index contributed by atoms with van der Waals surface area (Å²) in [5, 5.41) is 6.25. The minimum absolute atomic E-state index is 0.0416. The van der Waals surface area contributed by atoms with Crippen LogP contribution < -0.4 is 11.1 Å². The summed E-state index contributed by atoms with van der Waals surface area (Å²) < 4.78 is 0. The summed E-state index contributed by atoms with van der Waals surface area (Å²) in [7, 11) is 0. The van der Waals surface area contributed by atoms with Crippen LogP contribution in [-0.2, 0) is 0 Å². The standard InChI is InChI=1S/C22H22N4OS/c23-10-4-7-19(15-5-2-1-3-6-15)26-22(27)20-13-16(14-28-20)17-8-11-24-21-18(17)9-12-25-21/h1-3,5-6,8-9,11-14,19H,4,7,10,23H2,(H,24,25)(H,26,27). The summed E-state index contributed by atoms with van der Waals surface area (Å²) in [5.74, 6) is -0.0542. The molecule has 1 unspecified atom stereocenters. The second-order valence-corrected chi connectivity index (χ2v) is 7.58. The zero-order valence-corrected chi connectivity index (χ0v) is 16.2. The third-order valence-corrected chi connectivity index (χ3v) is 5.73. The number of pyridine rings is 1. The molecular weight excluding hydrogens is 368 g/mol. The zero-order chi connectivity index (χ0) is 19.3. The summed E-state index contributed by atoms with van der Waals surface area (Å²) in [6, 6.07) is 15.9. The Bertz CT molecular complexity index is 1070. The summed E-state index contributed by atoms with van der Waals surface area (Å²) in [5.41, 5.74) is 9.73. The molecule has 0 fully saturated rings. The van der Waals surface area contributed by atoms with Crippen molar-refractivity contribution in [2.75, 3.05) is 6.54 Å². The van der Waals surface area contributed by atoms with Crippen LogP contribution in [0.2, 0.25) is 0 Å². The van der Waals surface area contributed by atoms with Gasteiger partial charge in [0.1, 0.15) is 5.65 Å². The van der Waals surface area contributed by atoms with E-state index in [2.05, 4.69) is 15.3 Å². The quantitative estimate of drug-likeness (QED) is 0.434. The van der Waals surface area contributed by atoms with Crippen LogP contribution in [0.4, 0.5) is 0 Å². The van der Waals surface area contributed by atoms with Crippen LogP contribution in [0.25, 0.3) is 22.2 Å². The molecule has 0 saturated carbocycles. The molecule has 0 radical (unpaired) electrons. The fourth-order valence-corrected chi connectivity index (χ4v) is 4.18. The first-order chi connectivity index (χ1) is 13.8. The Balaban J connectivity index is 1.56. The highest BCUT2D eigenvalue weighted by molar-refractivity contribution is 7.12. The van der Waals surface area contributed by atoms with Crippen molar-refractivity contribution in [1.82, 2.24) is 15.3 Å². The van der Waals surface area contributed by atoms with Gasteiger partial charge in [-0.1, -0.05) is 30.3 Å². The second-order valence-electron chi connectivity index (χ2n) is 6.67. The minimum atomic E-state index is -0.0542. The van der Waals surface area contributed by atoms with E-state index >= 15 is 0 Å². The molecule has 0 aliphatic rings. The summed E-state index contributed by atoms with van der Waals surface area (Å²) >= 11 is 1.46. The Hall–Kier alpha value is -2.96. The number of aromatic amines is 1. The van der Waals surface area contributed by atoms with Gasteiger partial charge >= 0.3 is 0 Å². The Morgan fingerprint density at radius 2 is 2.07 bits per heavy atom. The molecular formula is C22H22N4OS. The molecule has 142 valence electrons. The molecule has 4 N–H and O–H groups in total. The molecule has 5 nitrogen and oxygen atoms in total. The molecule has 0 saturated heterocycles.